The van der Waals surface area contributed by atoms with E-state index >= 15 is 0 Å². The minimum atomic E-state index is 0.0354. The van der Waals surface area contributed by atoms with Gasteiger partial charge in [0.25, 0.3) is 5.22 Å². The molecule has 0 unspecified atom stereocenters. The molecule has 1 N–H and O–H groups in total. The summed E-state index contributed by atoms with van der Waals surface area (Å²) in [5, 5.41) is 9.32. The molecular weight excluding hydrogens is 276 g/mol. The first-order chi connectivity index (χ1) is 9.74. The van der Waals surface area contributed by atoms with Crippen molar-refractivity contribution >= 4 is 28.8 Å². The molecule has 1 aromatic heterocycles. The van der Waals surface area contributed by atoms with E-state index in [1.807, 2.05) is 31.2 Å². The van der Waals surface area contributed by atoms with Gasteiger partial charge in [-0.05, 0) is 25.5 Å². The lowest BCUT2D eigenvalue weighted by Crippen LogP contribution is -2.33. The van der Waals surface area contributed by atoms with Gasteiger partial charge in [0.1, 0.15) is 5.52 Å². The summed E-state index contributed by atoms with van der Waals surface area (Å²) in [7, 11) is 0. The number of fused-ring (bicyclic) bond motifs is 1. The maximum Gasteiger partial charge on any atom is 0.257 e. The van der Waals surface area contributed by atoms with Crippen molar-refractivity contribution < 1.29 is 14.3 Å². The average Bonchev–Trinajstić information content (AvgIpc) is 2.88. The van der Waals surface area contributed by atoms with Crippen LogP contribution in [-0.2, 0) is 4.79 Å². The van der Waals surface area contributed by atoms with Crippen LogP contribution >= 0.6 is 11.8 Å². The average molecular weight is 294 g/mol. The maximum atomic E-state index is 12.0. The van der Waals surface area contributed by atoms with Gasteiger partial charge in [0, 0.05) is 19.7 Å². The van der Waals surface area contributed by atoms with Crippen LogP contribution in [0.15, 0.2) is 33.9 Å². The molecule has 2 rings (SSSR count). The smallest absolute Gasteiger partial charge is 0.257 e. The van der Waals surface area contributed by atoms with Gasteiger partial charge in [0.2, 0.25) is 5.91 Å². The Balaban J connectivity index is 1.91. The van der Waals surface area contributed by atoms with E-state index < -0.39 is 0 Å². The Kier molecular flexibility index (Phi) is 5.43. The van der Waals surface area contributed by atoms with Gasteiger partial charge in [-0.2, -0.15) is 0 Å². The molecule has 5 nitrogen and oxygen atoms in total. The summed E-state index contributed by atoms with van der Waals surface area (Å²) in [4.78, 5) is 18.1. The van der Waals surface area contributed by atoms with Gasteiger partial charge < -0.3 is 14.4 Å². The van der Waals surface area contributed by atoms with E-state index in [2.05, 4.69) is 4.98 Å². The molecule has 1 aromatic carbocycles. The number of benzene rings is 1. The van der Waals surface area contributed by atoms with E-state index in [1.165, 1.54) is 11.8 Å². The minimum absolute atomic E-state index is 0.0354. The highest BCUT2D eigenvalue weighted by molar-refractivity contribution is 7.99. The molecule has 0 spiro atoms. The second-order valence-corrected chi connectivity index (χ2v) is 5.21. The molecule has 0 bridgehead atoms. The van der Waals surface area contributed by atoms with Crippen LogP contribution in [0.4, 0.5) is 0 Å². The van der Waals surface area contributed by atoms with Crippen molar-refractivity contribution in [1.29, 1.82) is 0 Å². The lowest BCUT2D eigenvalue weighted by Gasteiger charge is -2.19. The Morgan fingerprint density at radius 1 is 1.45 bits per heavy atom. The highest BCUT2D eigenvalue weighted by Crippen LogP contribution is 2.23. The second-order valence-electron chi connectivity index (χ2n) is 4.29. The highest BCUT2D eigenvalue weighted by atomic mass is 32.2. The number of aliphatic hydroxyl groups is 1. The Labute approximate surface area is 122 Å². The van der Waals surface area contributed by atoms with Gasteiger partial charge in [-0.25, -0.2) is 4.98 Å². The summed E-state index contributed by atoms with van der Waals surface area (Å²) in [6, 6.07) is 7.52. The monoisotopic (exact) mass is 294 g/mol. The molecule has 20 heavy (non-hydrogen) atoms. The van der Waals surface area contributed by atoms with Crippen LogP contribution in [0.1, 0.15) is 13.3 Å². The number of carbonyl (C=O) groups excluding carboxylic acids is 1. The molecule has 0 aliphatic rings. The first-order valence-corrected chi connectivity index (χ1v) is 7.60. The van der Waals surface area contributed by atoms with Crippen molar-refractivity contribution in [1.82, 2.24) is 9.88 Å². The largest absolute Gasteiger partial charge is 0.431 e. The third-order valence-corrected chi connectivity index (χ3v) is 3.73. The second kappa shape index (κ2) is 7.31. The minimum Gasteiger partial charge on any atom is -0.431 e. The zero-order valence-corrected chi connectivity index (χ0v) is 12.2. The van der Waals surface area contributed by atoms with Gasteiger partial charge in [0.15, 0.2) is 5.58 Å². The first-order valence-electron chi connectivity index (χ1n) is 6.61. The van der Waals surface area contributed by atoms with E-state index in [0.29, 0.717) is 30.5 Å². The molecule has 108 valence electrons. The number of rotatable bonds is 7. The fraction of sp³-hybridized carbons (Fsp3) is 0.429. The molecule has 0 aliphatic heterocycles. The first kappa shape index (κ1) is 14.9. The maximum absolute atomic E-state index is 12.0. The number of hydrogen-bond acceptors (Lipinski definition) is 5. The molecule has 0 aliphatic carbocycles. The van der Waals surface area contributed by atoms with E-state index in [1.54, 1.807) is 4.90 Å². The summed E-state index contributed by atoms with van der Waals surface area (Å²) in [5.41, 5.74) is 1.53. The van der Waals surface area contributed by atoms with Crippen LogP contribution in [0.5, 0.6) is 0 Å². The normalized spacial score (nSPS) is 10.9. The van der Waals surface area contributed by atoms with E-state index in [9.17, 15) is 4.79 Å². The fourth-order valence-corrected chi connectivity index (χ4v) is 2.59. The third kappa shape index (κ3) is 3.74. The topological polar surface area (TPSA) is 66.6 Å². The zero-order valence-electron chi connectivity index (χ0n) is 11.4. The fourth-order valence-electron chi connectivity index (χ4n) is 1.85. The van der Waals surface area contributed by atoms with Crippen LogP contribution in [0, 0.1) is 0 Å². The summed E-state index contributed by atoms with van der Waals surface area (Å²) >= 11 is 1.30. The number of aromatic nitrogens is 1. The number of thioether (sulfide) groups is 1. The van der Waals surface area contributed by atoms with Crippen molar-refractivity contribution in [3.05, 3.63) is 24.3 Å². The summed E-state index contributed by atoms with van der Waals surface area (Å²) in [6.07, 6.45) is 0.604. The van der Waals surface area contributed by atoms with Crippen molar-refractivity contribution in [2.24, 2.45) is 0 Å². The summed E-state index contributed by atoms with van der Waals surface area (Å²) in [6.45, 7) is 3.26. The van der Waals surface area contributed by atoms with Crippen LogP contribution in [0.3, 0.4) is 0 Å². The Morgan fingerprint density at radius 2 is 2.25 bits per heavy atom. The van der Waals surface area contributed by atoms with Gasteiger partial charge in [-0.15, -0.1) is 0 Å². The van der Waals surface area contributed by atoms with E-state index in [4.69, 9.17) is 9.52 Å². The highest BCUT2D eigenvalue weighted by Gasteiger charge is 2.14. The number of nitrogens with zero attached hydrogens (tertiary/aromatic N) is 2. The third-order valence-electron chi connectivity index (χ3n) is 2.91. The lowest BCUT2D eigenvalue weighted by atomic mass is 10.3. The Morgan fingerprint density at radius 3 is 2.95 bits per heavy atom. The van der Waals surface area contributed by atoms with Gasteiger partial charge in [-0.1, -0.05) is 23.9 Å². The molecule has 0 fully saturated rings. The van der Waals surface area contributed by atoms with E-state index in [-0.39, 0.29) is 12.5 Å². The van der Waals surface area contributed by atoms with Gasteiger partial charge >= 0.3 is 0 Å². The number of amides is 1. The lowest BCUT2D eigenvalue weighted by molar-refractivity contribution is -0.128. The van der Waals surface area contributed by atoms with E-state index in [0.717, 1.165) is 11.1 Å². The molecule has 0 atom stereocenters. The number of carbonyl (C=O) groups is 1. The molecule has 0 saturated heterocycles. The molecule has 1 amide bonds. The molecular formula is C14H18N2O3S. The van der Waals surface area contributed by atoms with Crippen LogP contribution in [0.2, 0.25) is 0 Å². The van der Waals surface area contributed by atoms with Crippen molar-refractivity contribution in [3.8, 4) is 0 Å². The standard InChI is InChI=1S/C14H18N2O3S/c1-2-16(8-5-9-17)13(18)10-20-14-15-11-6-3-4-7-12(11)19-14/h3-4,6-7,17H,2,5,8-10H2,1H3. The van der Waals surface area contributed by atoms with Crippen LogP contribution < -0.4 is 0 Å². The SMILES string of the molecule is CCN(CCCO)C(=O)CSc1nc2ccccc2o1. The van der Waals surface area contributed by atoms with Gasteiger partial charge in [-0.3, -0.25) is 4.79 Å². The Bertz CT molecular complexity index is 537. The van der Waals surface area contributed by atoms with Crippen molar-refractivity contribution in [2.45, 2.75) is 18.6 Å². The molecule has 6 heteroatoms. The molecule has 1 heterocycles. The summed E-state index contributed by atoms with van der Waals surface area (Å²) in [5.74, 6) is 0.333. The van der Waals surface area contributed by atoms with Crippen molar-refractivity contribution in [3.63, 3.8) is 0 Å². The quantitative estimate of drug-likeness (QED) is 0.793. The molecule has 0 saturated carbocycles. The predicted octanol–water partition coefficient (Wildman–Crippen LogP) is 2.15. The molecule has 2 aromatic rings. The summed E-state index contributed by atoms with van der Waals surface area (Å²) < 4.78 is 5.55. The molecule has 0 radical (unpaired) electrons. The van der Waals surface area contributed by atoms with Crippen LogP contribution in [0.25, 0.3) is 11.1 Å². The number of aliphatic hydroxyl groups excluding tert-OH is 1. The zero-order chi connectivity index (χ0) is 14.4. The predicted molar refractivity (Wildman–Crippen MR) is 78.7 cm³/mol. The van der Waals surface area contributed by atoms with Crippen LogP contribution in [-0.4, -0.2) is 46.3 Å². The number of hydrogen-bond donors (Lipinski definition) is 1. The van der Waals surface area contributed by atoms with Gasteiger partial charge in [0.05, 0.1) is 5.75 Å². The Hall–Kier alpha value is -1.53. The van der Waals surface area contributed by atoms with Crippen molar-refractivity contribution in [2.75, 3.05) is 25.4 Å². The number of para-hydroxylation sites is 2. The number of oxazole rings is 1.